The highest BCUT2D eigenvalue weighted by Crippen LogP contribution is 2.37. The number of para-hydroxylation sites is 1. The van der Waals surface area contributed by atoms with Crippen LogP contribution in [0.4, 0.5) is 0 Å². The van der Waals surface area contributed by atoms with Crippen LogP contribution in [0.1, 0.15) is 16.8 Å². The smallest absolute Gasteiger partial charge is 0.161 e. The van der Waals surface area contributed by atoms with E-state index in [9.17, 15) is 0 Å². The van der Waals surface area contributed by atoms with Crippen LogP contribution >= 0.6 is 15.9 Å². The Bertz CT molecular complexity index is 1010. The number of hydrogen-bond donors (Lipinski definition) is 1. The molecule has 0 saturated carbocycles. The highest BCUT2D eigenvalue weighted by molar-refractivity contribution is 9.10. The molecule has 0 amide bonds. The fourth-order valence-corrected chi connectivity index (χ4v) is 4.93. The molecule has 1 N–H and O–H groups in total. The van der Waals surface area contributed by atoms with Crippen molar-refractivity contribution in [2.75, 3.05) is 20.2 Å². The molecule has 0 fully saturated rings. The number of rotatable bonds is 3. The molecule has 0 spiro atoms. The van der Waals surface area contributed by atoms with E-state index in [1.165, 1.54) is 27.7 Å². The molecule has 27 heavy (non-hydrogen) atoms. The lowest BCUT2D eigenvalue weighted by Gasteiger charge is -2.27. The third kappa shape index (κ3) is 2.93. The van der Waals surface area contributed by atoms with E-state index in [1.807, 2.05) is 18.2 Å². The van der Waals surface area contributed by atoms with Crippen LogP contribution in [-0.4, -0.2) is 30.9 Å². The quantitative estimate of drug-likeness (QED) is 0.684. The first-order valence-corrected chi connectivity index (χ1v) is 10.4. The first-order valence-electron chi connectivity index (χ1n) is 9.57. The van der Waals surface area contributed by atoms with Gasteiger partial charge < -0.3 is 19.4 Å². The summed E-state index contributed by atoms with van der Waals surface area (Å²) in [6.07, 6.45) is 3.22. The molecule has 5 heteroatoms. The van der Waals surface area contributed by atoms with Gasteiger partial charge in [0.15, 0.2) is 11.5 Å². The number of hydrogen-bond acceptors (Lipinski definition) is 3. The summed E-state index contributed by atoms with van der Waals surface area (Å²) >= 11 is 3.50. The Labute approximate surface area is 167 Å². The first-order chi connectivity index (χ1) is 13.2. The van der Waals surface area contributed by atoms with Crippen LogP contribution in [0.3, 0.4) is 0 Å². The Hall–Kier alpha value is -1.98. The van der Waals surface area contributed by atoms with Gasteiger partial charge in [0.1, 0.15) is 6.10 Å². The second-order valence-electron chi connectivity index (χ2n) is 7.34. The molecule has 4 nitrogen and oxygen atoms in total. The zero-order valence-electron chi connectivity index (χ0n) is 15.4. The molecule has 3 aromatic rings. The van der Waals surface area contributed by atoms with Gasteiger partial charge in [0, 0.05) is 34.9 Å². The maximum atomic E-state index is 6.43. The number of aromatic nitrogens is 1. The molecule has 0 aliphatic carbocycles. The molecular weight excluding hydrogens is 404 g/mol. The maximum absolute atomic E-state index is 6.43. The van der Waals surface area contributed by atoms with Crippen LogP contribution < -0.4 is 14.8 Å². The van der Waals surface area contributed by atoms with E-state index in [-0.39, 0.29) is 6.10 Å². The Morgan fingerprint density at radius 3 is 2.89 bits per heavy atom. The Morgan fingerprint density at radius 2 is 2.00 bits per heavy atom. The van der Waals surface area contributed by atoms with E-state index >= 15 is 0 Å². The van der Waals surface area contributed by atoms with Crippen LogP contribution in [0.5, 0.6) is 11.5 Å². The molecular formula is C22H23BrN2O2. The fraction of sp³-hybridized carbons (Fsp3) is 0.364. The molecule has 1 aromatic heterocycles. The lowest BCUT2D eigenvalue weighted by atomic mass is 10.00. The van der Waals surface area contributed by atoms with Gasteiger partial charge in [0.25, 0.3) is 0 Å². The molecule has 140 valence electrons. The first kappa shape index (κ1) is 17.1. The van der Waals surface area contributed by atoms with Crippen molar-refractivity contribution >= 4 is 26.8 Å². The van der Waals surface area contributed by atoms with Gasteiger partial charge in [-0.25, -0.2) is 0 Å². The fourth-order valence-electron chi connectivity index (χ4n) is 4.59. The highest BCUT2D eigenvalue weighted by atomic mass is 79.9. The molecule has 2 aliphatic heterocycles. The SMILES string of the molecule is COc1cc(Br)ccc1OC1Cc2cccc3c4c(n(c23)C1)CCNCC4. The van der Waals surface area contributed by atoms with Crippen molar-refractivity contribution in [2.24, 2.45) is 0 Å². The third-order valence-corrected chi connectivity index (χ3v) is 6.23. The maximum Gasteiger partial charge on any atom is 0.161 e. The molecule has 2 aliphatic rings. The van der Waals surface area contributed by atoms with Crippen molar-refractivity contribution in [2.45, 2.75) is 31.9 Å². The topological polar surface area (TPSA) is 35.4 Å². The minimum absolute atomic E-state index is 0.103. The van der Waals surface area contributed by atoms with E-state index in [4.69, 9.17) is 9.47 Å². The number of methoxy groups -OCH3 is 1. The molecule has 3 heterocycles. The number of benzene rings is 2. The Kier molecular flexibility index (Phi) is 4.37. The molecule has 0 bridgehead atoms. The van der Waals surface area contributed by atoms with E-state index in [2.05, 4.69) is 44.0 Å². The van der Waals surface area contributed by atoms with E-state index in [0.717, 1.165) is 54.9 Å². The number of halogens is 1. The van der Waals surface area contributed by atoms with Gasteiger partial charge in [-0.1, -0.05) is 34.1 Å². The number of ether oxygens (including phenoxy) is 2. The van der Waals surface area contributed by atoms with Gasteiger partial charge in [0.2, 0.25) is 0 Å². The van der Waals surface area contributed by atoms with Crippen molar-refractivity contribution in [3.8, 4) is 11.5 Å². The normalized spacial score (nSPS) is 18.8. The summed E-state index contributed by atoms with van der Waals surface area (Å²) in [6, 6.07) is 12.7. The molecule has 1 unspecified atom stereocenters. The predicted molar refractivity (Wildman–Crippen MR) is 111 cm³/mol. The Balaban J connectivity index is 1.53. The van der Waals surface area contributed by atoms with Crippen LogP contribution in [-0.2, 0) is 25.8 Å². The van der Waals surface area contributed by atoms with Gasteiger partial charge in [0.05, 0.1) is 19.2 Å². The molecule has 0 saturated heterocycles. The minimum atomic E-state index is 0.103. The van der Waals surface area contributed by atoms with Crippen LogP contribution in [0.2, 0.25) is 0 Å². The number of nitrogens with zero attached hydrogens (tertiary/aromatic N) is 1. The monoisotopic (exact) mass is 426 g/mol. The van der Waals surface area contributed by atoms with Crippen molar-refractivity contribution in [1.82, 2.24) is 9.88 Å². The zero-order chi connectivity index (χ0) is 18.4. The van der Waals surface area contributed by atoms with Gasteiger partial charge in [-0.15, -0.1) is 0 Å². The van der Waals surface area contributed by atoms with Gasteiger partial charge in [-0.2, -0.15) is 0 Å². The van der Waals surface area contributed by atoms with Crippen molar-refractivity contribution < 1.29 is 9.47 Å². The van der Waals surface area contributed by atoms with E-state index < -0.39 is 0 Å². The van der Waals surface area contributed by atoms with Crippen molar-refractivity contribution in [3.05, 3.63) is 57.7 Å². The average Bonchev–Trinajstić information content (AvgIpc) is 2.84. The zero-order valence-corrected chi connectivity index (χ0v) is 17.0. The summed E-state index contributed by atoms with van der Waals surface area (Å²) in [6.45, 7) is 3.00. The summed E-state index contributed by atoms with van der Waals surface area (Å²) in [5, 5.41) is 4.97. The third-order valence-electron chi connectivity index (χ3n) is 5.73. The van der Waals surface area contributed by atoms with Crippen LogP contribution in [0.25, 0.3) is 10.9 Å². The summed E-state index contributed by atoms with van der Waals surface area (Å²) in [4.78, 5) is 0. The average molecular weight is 427 g/mol. The molecule has 0 radical (unpaired) electrons. The lowest BCUT2D eigenvalue weighted by molar-refractivity contribution is 0.169. The summed E-state index contributed by atoms with van der Waals surface area (Å²) in [7, 11) is 1.69. The second-order valence-corrected chi connectivity index (χ2v) is 8.25. The molecule has 5 rings (SSSR count). The van der Waals surface area contributed by atoms with Crippen molar-refractivity contribution in [3.63, 3.8) is 0 Å². The van der Waals surface area contributed by atoms with E-state index in [0.29, 0.717) is 0 Å². The lowest BCUT2D eigenvalue weighted by Crippen LogP contribution is -2.30. The van der Waals surface area contributed by atoms with Gasteiger partial charge in [-0.3, -0.25) is 0 Å². The predicted octanol–water partition coefficient (Wildman–Crippen LogP) is 4.10. The van der Waals surface area contributed by atoms with Crippen LogP contribution in [0, 0.1) is 0 Å². The van der Waals surface area contributed by atoms with Crippen LogP contribution in [0.15, 0.2) is 40.9 Å². The number of nitrogens with one attached hydrogen (secondary N) is 1. The summed E-state index contributed by atoms with van der Waals surface area (Å²) in [5.41, 5.74) is 5.82. The summed E-state index contributed by atoms with van der Waals surface area (Å²) in [5.74, 6) is 1.57. The molecule has 1 atom stereocenters. The van der Waals surface area contributed by atoms with E-state index in [1.54, 1.807) is 7.11 Å². The summed E-state index contributed by atoms with van der Waals surface area (Å²) < 4.78 is 15.5. The standard InChI is InChI=1S/C22H23BrN2O2/c1-26-21-12-15(23)5-6-20(21)27-16-11-14-3-2-4-18-17-7-9-24-10-8-19(17)25(13-16)22(14)18/h2-6,12,16,24H,7-11,13H2,1H3. The largest absolute Gasteiger partial charge is 0.493 e. The van der Waals surface area contributed by atoms with Gasteiger partial charge >= 0.3 is 0 Å². The van der Waals surface area contributed by atoms with Gasteiger partial charge in [-0.05, 0) is 42.3 Å². The van der Waals surface area contributed by atoms with Crippen molar-refractivity contribution in [1.29, 1.82) is 0 Å². The highest BCUT2D eigenvalue weighted by Gasteiger charge is 2.28. The Morgan fingerprint density at radius 1 is 1.11 bits per heavy atom. The molecule has 2 aromatic carbocycles. The number of fused-ring (bicyclic) bond motifs is 3. The second kappa shape index (κ2) is 6.88. The minimum Gasteiger partial charge on any atom is -0.493 e.